The van der Waals surface area contributed by atoms with E-state index in [0.717, 1.165) is 43.3 Å². The average molecular weight is 281 g/mol. The van der Waals surface area contributed by atoms with Gasteiger partial charge in [-0.15, -0.1) is 0 Å². The lowest BCUT2D eigenvalue weighted by atomic mass is 10.5. The summed E-state index contributed by atoms with van der Waals surface area (Å²) in [6.45, 7) is 8.21. The summed E-state index contributed by atoms with van der Waals surface area (Å²) in [6.07, 6.45) is 2.88. The zero-order valence-electron chi connectivity index (χ0n) is 11.3. The van der Waals surface area contributed by atoms with Gasteiger partial charge in [0.25, 0.3) is 0 Å². The Morgan fingerprint density at radius 2 is 2.12 bits per heavy atom. The molecule has 1 heterocycles. The summed E-state index contributed by atoms with van der Waals surface area (Å²) in [4.78, 5) is 0. The third kappa shape index (κ3) is 14.5. The first-order valence-electron chi connectivity index (χ1n) is 6.39. The van der Waals surface area contributed by atoms with E-state index in [9.17, 15) is 0 Å². The minimum Gasteiger partial charge on any atom is -0.428 e. The highest BCUT2D eigenvalue weighted by Gasteiger charge is 2.21. The van der Waals surface area contributed by atoms with Crippen molar-refractivity contribution in [1.29, 1.82) is 0 Å². The zero-order valence-corrected chi connectivity index (χ0v) is 16.5. The van der Waals surface area contributed by atoms with Gasteiger partial charge in [-0.2, -0.15) is 0 Å². The van der Waals surface area contributed by atoms with Crippen molar-refractivity contribution in [3.63, 3.8) is 0 Å². The SMILES string of the molecule is CCCO[SiH3].C[SiH]([SiH3])CCCOCC1CO1. The molecule has 0 aromatic heterocycles. The quantitative estimate of drug-likeness (QED) is 0.332. The van der Waals surface area contributed by atoms with Crippen LogP contribution in [0.5, 0.6) is 0 Å². The van der Waals surface area contributed by atoms with Crippen molar-refractivity contribution < 1.29 is 13.9 Å². The van der Waals surface area contributed by atoms with Crippen LogP contribution in [0.25, 0.3) is 0 Å². The highest BCUT2D eigenvalue weighted by atomic mass is 29.1. The van der Waals surface area contributed by atoms with Crippen molar-refractivity contribution in [2.24, 2.45) is 0 Å². The van der Waals surface area contributed by atoms with Crippen LogP contribution in [0.3, 0.4) is 0 Å². The summed E-state index contributed by atoms with van der Waals surface area (Å²) < 4.78 is 15.3. The Morgan fingerprint density at radius 1 is 1.44 bits per heavy atom. The fourth-order valence-electron chi connectivity index (χ4n) is 1.18. The predicted molar refractivity (Wildman–Crippen MR) is 79.1 cm³/mol. The van der Waals surface area contributed by atoms with E-state index in [2.05, 4.69) is 13.5 Å². The molecule has 0 aliphatic carbocycles. The Labute approximate surface area is 108 Å². The highest BCUT2D eigenvalue weighted by molar-refractivity contribution is 7.02. The second-order valence-electron chi connectivity index (χ2n) is 4.56. The summed E-state index contributed by atoms with van der Waals surface area (Å²) in [5.74, 6) is 0. The maximum absolute atomic E-state index is 5.42. The molecule has 0 spiro atoms. The van der Waals surface area contributed by atoms with Gasteiger partial charge in [-0.1, -0.05) is 19.5 Å². The molecule has 6 heteroatoms. The fourth-order valence-corrected chi connectivity index (χ4v) is 3.79. The zero-order chi connectivity index (χ0) is 12.2. The van der Waals surface area contributed by atoms with Crippen molar-refractivity contribution in [2.75, 3.05) is 26.4 Å². The molecule has 0 aromatic carbocycles. The minimum absolute atomic E-state index is 0.194. The smallest absolute Gasteiger partial charge is 0.145 e. The van der Waals surface area contributed by atoms with E-state index in [1.165, 1.54) is 22.2 Å². The van der Waals surface area contributed by atoms with Gasteiger partial charge in [0.15, 0.2) is 0 Å². The summed E-state index contributed by atoms with van der Waals surface area (Å²) in [5, 5.41) is 0. The summed E-state index contributed by atoms with van der Waals surface area (Å²) >= 11 is 0. The maximum Gasteiger partial charge on any atom is 0.145 e. The molecule has 2 unspecified atom stereocenters. The van der Waals surface area contributed by atoms with Gasteiger partial charge in [-0.25, -0.2) is 0 Å². The Bertz CT molecular complexity index is 137. The van der Waals surface area contributed by atoms with E-state index in [1.807, 2.05) is 0 Å². The van der Waals surface area contributed by atoms with Crippen LogP contribution in [0.2, 0.25) is 12.6 Å². The number of rotatable bonds is 8. The maximum atomic E-state index is 5.42. The number of hydrogen-bond donors (Lipinski definition) is 0. The lowest BCUT2D eigenvalue weighted by Gasteiger charge is -2.03. The molecule has 2 atom stereocenters. The lowest BCUT2D eigenvalue weighted by molar-refractivity contribution is 0.117. The standard InChI is InChI=1S/C7H18O2Si2.C3H10OSi/c1-11(10)4-2-3-8-5-7-6-9-7;1-2-3-4-5/h7,11H,2-6H2,1,10H3;2-3H2,1,5H3. The number of epoxide rings is 1. The largest absolute Gasteiger partial charge is 0.428 e. The van der Waals surface area contributed by atoms with Gasteiger partial charge in [0.2, 0.25) is 0 Å². The second-order valence-corrected chi connectivity index (χ2v) is 14.4. The van der Waals surface area contributed by atoms with Crippen molar-refractivity contribution in [3.8, 4) is 0 Å². The number of ether oxygens (including phenoxy) is 2. The topological polar surface area (TPSA) is 31.0 Å². The first-order valence-corrected chi connectivity index (χ1v) is 13.8. The molecule has 3 nitrogen and oxygen atoms in total. The normalized spacial score (nSPS) is 20.2. The van der Waals surface area contributed by atoms with Gasteiger partial charge in [0.1, 0.15) is 16.6 Å². The van der Waals surface area contributed by atoms with E-state index in [0.29, 0.717) is 6.10 Å². The highest BCUT2D eigenvalue weighted by Crippen LogP contribution is 2.08. The van der Waals surface area contributed by atoms with Gasteiger partial charge < -0.3 is 13.9 Å². The molecule has 16 heavy (non-hydrogen) atoms. The van der Waals surface area contributed by atoms with Crippen LogP contribution in [-0.4, -0.2) is 61.1 Å². The van der Waals surface area contributed by atoms with E-state index in [-0.39, 0.29) is 8.31 Å². The van der Waals surface area contributed by atoms with Crippen LogP contribution in [0.4, 0.5) is 0 Å². The first kappa shape index (κ1) is 16.5. The number of hydrogen-bond acceptors (Lipinski definition) is 3. The average Bonchev–Trinajstić information content (AvgIpc) is 3.03. The molecule has 0 N–H and O–H groups in total. The van der Waals surface area contributed by atoms with E-state index in [1.54, 1.807) is 0 Å². The fraction of sp³-hybridized carbons (Fsp3) is 1.00. The van der Waals surface area contributed by atoms with Crippen LogP contribution >= 0.6 is 0 Å². The lowest BCUT2D eigenvalue weighted by Crippen LogP contribution is -2.09. The molecule has 0 bridgehead atoms. The van der Waals surface area contributed by atoms with Crippen molar-refractivity contribution in [1.82, 2.24) is 0 Å². The van der Waals surface area contributed by atoms with E-state index < -0.39 is 0 Å². The molecule has 1 aliphatic heterocycles. The second kappa shape index (κ2) is 12.0. The molecule has 1 saturated heterocycles. The van der Waals surface area contributed by atoms with Crippen molar-refractivity contribution in [3.05, 3.63) is 0 Å². The Balaban J connectivity index is 0.000000385. The molecule has 1 fully saturated rings. The predicted octanol–water partition coefficient (Wildman–Crippen LogP) is -0.796. The molecular weight excluding hydrogens is 252 g/mol. The van der Waals surface area contributed by atoms with Crippen LogP contribution < -0.4 is 0 Å². The van der Waals surface area contributed by atoms with Crippen molar-refractivity contribution in [2.45, 2.75) is 38.5 Å². The molecule has 0 aromatic rings. The van der Waals surface area contributed by atoms with Gasteiger partial charge in [0, 0.05) is 21.5 Å². The summed E-state index contributed by atoms with van der Waals surface area (Å²) in [5.41, 5.74) is 0. The molecule has 98 valence electrons. The summed E-state index contributed by atoms with van der Waals surface area (Å²) in [6, 6.07) is 1.47. The molecule has 1 rings (SSSR count). The Morgan fingerprint density at radius 3 is 2.50 bits per heavy atom. The van der Waals surface area contributed by atoms with Crippen LogP contribution in [0, 0.1) is 0 Å². The van der Waals surface area contributed by atoms with E-state index >= 15 is 0 Å². The van der Waals surface area contributed by atoms with Gasteiger partial charge >= 0.3 is 0 Å². The van der Waals surface area contributed by atoms with E-state index in [4.69, 9.17) is 13.9 Å². The first-order chi connectivity index (χ1) is 7.70. The van der Waals surface area contributed by atoms with Crippen LogP contribution in [0.15, 0.2) is 0 Å². The summed E-state index contributed by atoms with van der Waals surface area (Å²) in [7, 11) is 2.16. The third-order valence-corrected chi connectivity index (χ3v) is 5.89. The van der Waals surface area contributed by atoms with Crippen LogP contribution in [-0.2, 0) is 13.9 Å². The molecular formula is C10H28O3Si3. The van der Waals surface area contributed by atoms with Gasteiger partial charge in [-0.05, 0) is 22.6 Å². The molecule has 0 amide bonds. The Kier molecular flexibility index (Phi) is 12.4. The third-order valence-electron chi connectivity index (χ3n) is 2.18. The van der Waals surface area contributed by atoms with Gasteiger partial charge in [-0.3, -0.25) is 0 Å². The molecule has 1 aliphatic rings. The molecule has 0 radical (unpaired) electrons. The monoisotopic (exact) mass is 280 g/mol. The van der Waals surface area contributed by atoms with Crippen molar-refractivity contribution >= 4 is 28.6 Å². The Hall–Kier alpha value is 0.531. The van der Waals surface area contributed by atoms with Crippen LogP contribution in [0.1, 0.15) is 19.8 Å². The van der Waals surface area contributed by atoms with Gasteiger partial charge in [0.05, 0.1) is 13.2 Å². The molecule has 0 saturated carbocycles. The minimum atomic E-state index is -0.194.